The van der Waals surface area contributed by atoms with Crippen LogP contribution in [-0.2, 0) is 24.0 Å². The van der Waals surface area contributed by atoms with E-state index in [4.69, 9.17) is 9.47 Å². The van der Waals surface area contributed by atoms with Crippen LogP contribution in [-0.4, -0.2) is 29.1 Å². The lowest BCUT2D eigenvalue weighted by Gasteiger charge is -2.11. The number of hydrogen-bond donors (Lipinski definition) is 2. The summed E-state index contributed by atoms with van der Waals surface area (Å²) in [4.78, 5) is 27.0. The van der Waals surface area contributed by atoms with Gasteiger partial charge in [-0.3, -0.25) is 14.9 Å². The Balaban J connectivity index is 1.29. The Bertz CT molecular complexity index is 1570. The van der Waals surface area contributed by atoms with E-state index < -0.39 is 22.6 Å². The zero-order chi connectivity index (χ0) is 29.4. The minimum absolute atomic E-state index is 0.0336. The molecular formula is C27H22F3N5O5S. The van der Waals surface area contributed by atoms with Gasteiger partial charge in [-0.05, 0) is 47.5 Å². The van der Waals surface area contributed by atoms with E-state index in [1.807, 2.05) is 0 Å². The molecule has 0 atom stereocenters. The fraction of sp³-hybridized carbons (Fsp3) is 0.148. The largest absolute Gasteiger partial charge is 0.493 e. The van der Waals surface area contributed by atoms with Crippen LogP contribution in [0.15, 0.2) is 77.2 Å². The Morgan fingerprint density at radius 1 is 1.12 bits per heavy atom. The molecule has 3 aromatic carbocycles. The number of carbonyl (C=O) groups excluding carboxylic acids is 1. The van der Waals surface area contributed by atoms with Gasteiger partial charge in [-0.2, -0.15) is 18.3 Å². The number of methoxy groups -OCH3 is 1. The van der Waals surface area contributed by atoms with Crippen LogP contribution in [0.3, 0.4) is 0 Å². The highest BCUT2D eigenvalue weighted by atomic mass is 32.1. The van der Waals surface area contributed by atoms with Crippen LogP contribution in [0.25, 0.3) is 0 Å². The Morgan fingerprint density at radius 2 is 1.93 bits per heavy atom. The first-order valence-corrected chi connectivity index (χ1v) is 12.7. The molecule has 0 aliphatic carbocycles. The number of alkyl halides is 3. The fourth-order valence-corrected chi connectivity index (χ4v) is 4.26. The molecule has 4 aromatic rings. The minimum atomic E-state index is -4.46. The van der Waals surface area contributed by atoms with Gasteiger partial charge in [0.25, 0.3) is 5.69 Å². The van der Waals surface area contributed by atoms with Crippen LogP contribution in [0.2, 0.25) is 0 Å². The predicted molar refractivity (Wildman–Crippen MR) is 147 cm³/mol. The monoisotopic (exact) mass is 585 g/mol. The van der Waals surface area contributed by atoms with Crippen LogP contribution in [0, 0.1) is 10.1 Å². The van der Waals surface area contributed by atoms with Crippen molar-refractivity contribution in [1.82, 2.24) is 10.4 Å². The number of benzene rings is 3. The van der Waals surface area contributed by atoms with Crippen molar-refractivity contribution in [3.8, 4) is 11.5 Å². The molecule has 1 aromatic heterocycles. The van der Waals surface area contributed by atoms with Gasteiger partial charge >= 0.3 is 6.18 Å². The maximum absolute atomic E-state index is 12.9. The third-order valence-electron chi connectivity index (χ3n) is 5.44. The summed E-state index contributed by atoms with van der Waals surface area (Å²) in [5.74, 6) is 0.369. The average molecular weight is 586 g/mol. The molecule has 4 rings (SSSR count). The van der Waals surface area contributed by atoms with E-state index in [1.165, 1.54) is 37.6 Å². The molecule has 0 aliphatic rings. The number of amides is 1. The topological polar surface area (TPSA) is 128 Å². The van der Waals surface area contributed by atoms with Crippen LogP contribution >= 0.6 is 11.3 Å². The molecule has 0 spiro atoms. The first kappa shape index (κ1) is 29.0. The van der Waals surface area contributed by atoms with E-state index in [2.05, 4.69) is 20.8 Å². The normalized spacial score (nSPS) is 11.3. The van der Waals surface area contributed by atoms with Gasteiger partial charge in [0, 0.05) is 23.2 Å². The number of nitro benzene ring substituents is 1. The zero-order valence-corrected chi connectivity index (χ0v) is 22.2. The molecule has 212 valence electrons. The summed E-state index contributed by atoms with van der Waals surface area (Å²) in [5.41, 5.74) is 3.45. The molecule has 0 fully saturated rings. The number of hydrogen-bond acceptors (Lipinski definition) is 9. The standard InChI is InChI=1S/C27H22F3N5O5S/c1-39-24-11-17(8-9-23(24)40-15-18-4-2-7-22(10-18)35(37)38)14-31-34-25(36)13-21-16-41-26(33-21)32-20-6-3-5-19(12-20)27(28,29)30/h2-12,14,16H,13,15H2,1H3,(H,32,33)(H,34,36)/b31-14-. The van der Waals surface area contributed by atoms with E-state index in [0.717, 1.165) is 23.5 Å². The first-order valence-electron chi connectivity index (χ1n) is 11.9. The Hall–Kier alpha value is -4.98. The maximum atomic E-state index is 12.9. The van der Waals surface area contributed by atoms with Gasteiger partial charge in [-0.1, -0.05) is 18.2 Å². The number of hydrazone groups is 1. The Labute approximate surface area is 235 Å². The number of nitrogens with zero attached hydrogens (tertiary/aromatic N) is 3. The highest BCUT2D eigenvalue weighted by Crippen LogP contribution is 2.32. The Morgan fingerprint density at radius 3 is 2.68 bits per heavy atom. The van der Waals surface area contributed by atoms with Crippen molar-refractivity contribution in [1.29, 1.82) is 0 Å². The maximum Gasteiger partial charge on any atom is 0.416 e. The second kappa shape index (κ2) is 12.9. The molecule has 0 unspecified atom stereocenters. The van der Waals surface area contributed by atoms with E-state index in [-0.39, 0.29) is 24.4 Å². The highest BCUT2D eigenvalue weighted by molar-refractivity contribution is 7.13. The van der Waals surface area contributed by atoms with Crippen LogP contribution in [0.5, 0.6) is 11.5 Å². The summed E-state index contributed by atoms with van der Waals surface area (Å²) >= 11 is 1.15. The molecule has 1 heterocycles. The number of nitro groups is 1. The molecule has 0 saturated carbocycles. The van der Waals surface area contributed by atoms with Crippen molar-refractivity contribution in [3.05, 3.63) is 105 Å². The quantitative estimate of drug-likeness (QED) is 0.124. The lowest BCUT2D eigenvalue weighted by Crippen LogP contribution is -2.19. The third-order valence-corrected chi connectivity index (χ3v) is 6.25. The van der Waals surface area contributed by atoms with E-state index in [9.17, 15) is 28.1 Å². The summed E-state index contributed by atoms with van der Waals surface area (Å²) in [6, 6.07) is 15.8. The first-order chi connectivity index (χ1) is 19.6. The van der Waals surface area contributed by atoms with Gasteiger partial charge in [0.1, 0.15) is 6.61 Å². The number of carbonyl (C=O) groups is 1. The summed E-state index contributed by atoms with van der Waals surface area (Å²) in [6.45, 7) is 0.0926. The molecule has 0 saturated heterocycles. The molecule has 0 aliphatic heterocycles. The number of aromatic nitrogens is 1. The number of thiazole rings is 1. The SMILES string of the molecule is COc1cc(/C=N\NC(=O)Cc2csc(Nc3cccc(C(F)(F)F)c3)n2)ccc1OCc1cccc([N+](=O)[O-])c1. The molecule has 41 heavy (non-hydrogen) atoms. The number of anilines is 2. The van der Waals surface area contributed by atoms with Gasteiger partial charge in [-0.25, -0.2) is 10.4 Å². The summed E-state index contributed by atoms with van der Waals surface area (Å²) < 4.78 is 49.9. The molecule has 0 radical (unpaired) electrons. The highest BCUT2D eigenvalue weighted by Gasteiger charge is 2.30. The second-order valence-electron chi connectivity index (χ2n) is 8.44. The number of halogens is 3. The van der Waals surface area contributed by atoms with Crippen molar-refractivity contribution < 1.29 is 32.4 Å². The predicted octanol–water partition coefficient (Wildman–Crippen LogP) is 6.09. The van der Waals surface area contributed by atoms with Gasteiger partial charge in [0.2, 0.25) is 5.91 Å². The summed E-state index contributed by atoms with van der Waals surface area (Å²) in [6.07, 6.45) is -3.14. The van der Waals surface area contributed by atoms with Crippen LogP contribution in [0.1, 0.15) is 22.4 Å². The van der Waals surface area contributed by atoms with Gasteiger partial charge in [0.15, 0.2) is 16.6 Å². The van der Waals surface area contributed by atoms with Gasteiger partial charge in [0.05, 0.1) is 35.9 Å². The third kappa shape index (κ3) is 8.25. The lowest BCUT2D eigenvalue weighted by atomic mass is 10.2. The summed E-state index contributed by atoms with van der Waals surface area (Å²) in [5, 5.41) is 19.7. The number of rotatable bonds is 11. The molecule has 10 nitrogen and oxygen atoms in total. The molecule has 14 heteroatoms. The van der Waals surface area contributed by atoms with E-state index in [0.29, 0.717) is 33.5 Å². The van der Waals surface area contributed by atoms with E-state index in [1.54, 1.807) is 35.7 Å². The number of nitrogens with one attached hydrogen (secondary N) is 2. The van der Waals surface area contributed by atoms with Crippen molar-refractivity contribution in [2.75, 3.05) is 12.4 Å². The summed E-state index contributed by atoms with van der Waals surface area (Å²) in [7, 11) is 1.46. The van der Waals surface area contributed by atoms with Gasteiger partial charge in [-0.15, -0.1) is 11.3 Å². The smallest absolute Gasteiger partial charge is 0.416 e. The van der Waals surface area contributed by atoms with Crippen molar-refractivity contribution in [2.45, 2.75) is 19.2 Å². The van der Waals surface area contributed by atoms with Crippen molar-refractivity contribution >= 4 is 40.0 Å². The van der Waals surface area contributed by atoms with Crippen LogP contribution < -0.4 is 20.2 Å². The van der Waals surface area contributed by atoms with Crippen molar-refractivity contribution in [2.24, 2.45) is 5.10 Å². The molecule has 1 amide bonds. The van der Waals surface area contributed by atoms with Crippen molar-refractivity contribution in [3.63, 3.8) is 0 Å². The molecule has 0 bridgehead atoms. The number of ether oxygens (including phenoxy) is 2. The number of non-ortho nitro benzene ring substituents is 1. The lowest BCUT2D eigenvalue weighted by molar-refractivity contribution is -0.384. The second-order valence-corrected chi connectivity index (χ2v) is 9.30. The van der Waals surface area contributed by atoms with E-state index >= 15 is 0 Å². The molecular weight excluding hydrogens is 563 g/mol. The van der Waals surface area contributed by atoms with Gasteiger partial charge < -0.3 is 14.8 Å². The fourth-order valence-electron chi connectivity index (χ4n) is 3.53. The van der Waals surface area contributed by atoms with Crippen LogP contribution in [0.4, 0.5) is 29.7 Å². The zero-order valence-electron chi connectivity index (χ0n) is 21.3. The minimum Gasteiger partial charge on any atom is -0.493 e. The average Bonchev–Trinajstić information content (AvgIpc) is 3.38. The molecule has 2 N–H and O–H groups in total. The Kier molecular flexibility index (Phi) is 9.14.